The smallest absolute Gasteiger partial charge is 0.338 e. The van der Waals surface area contributed by atoms with E-state index in [1.165, 1.54) is 32.7 Å². The average Bonchev–Trinajstić information content (AvgIpc) is 2.56. The van der Waals surface area contributed by atoms with Crippen molar-refractivity contribution in [3.8, 4) is 0 Å². The second kappa shape index (κ2) is 9.67. The van der Waals surface area contributed by atoms with Crippen LogP contribution in [0.25, 0.3) is 0 Å². The maximum Gasteiger partial charge on any atom is 0.338 e. The van der Waals surface area contributed by atoms with Gasteiger partial charge < -0.3 is 20.4 Å². The number of aromatic carboxylic acids is 1. The summed E-state index contributed by atoms with van der Waals surface area (Å²) in [7, 11) is 1.52. The van der Waals surface area contributed by atoms with E-state index in [9.17, 15) is 24.3 Å². The summed E-state index contributed by atoms with van der Waals surface area (Å²) in [5.74, 6) is -4.89. The Hall–Kier alpha value is -0.710. The molecule has 2 amide bonds. The number of amides is 2. The molecule has 0 bridgehead atoms. The van der Waals surface area contributed by atoms with E-state index in [0.717, 1.165) is 0 Å². The lowest BCUT2D eigenvalue weighted by atomic mass is 9.95. The number of nitrogens with zero attached hydrogens (tertiary/aromatic N) is 1. The summed E-state index contributed by atoms with van der Waals surface area (Å²) in [6.45, 7) is 4.26. The zero-order chi connectivity index (χ0) is 21.2. The lowest BCUT2D eigenvalue weighted by Gasteiger charge is -2.24. The van der Waals surface area contributed by atoms with Crippen LogP contribution in [0.3, 0.4) is 0 Å². The number of nitrogens with one attached hydrogen (secondary N) is 1. The monoisotopic (exact) mass is 714 g/mol. The molecule has 1 aromatic rings. The van der Waals surface area contributed by atoms with E-state index < -0.39 is 29.7 Å². The van der Waals surface area contributed by atoms with Crippen molar-refractivity contribution in [1.82, 2.24) is 0 Å². The maximum atomic E-state index is 12.5. The van der Waals surface area contributed by atoms with Crippen LogP contribution >= 0.6 is 67.8 Å². The van der Waals surface area contributed by atoms with Gasteiger partial charge in [-0.25, -0.2) is 4.79 Å². The zero-order valence-electron chi connectivity index (χ0n) is 14.8. The fourth-order valence-electron chi connectivity index (χ4n) is 2.08. The number of aliphatic carboxylic acids is 1. The molecule has 0 aliphatic carbocycles. The number of carboxylic acids is 2. The highest BCUT2D eigenvalue weighted by Gasteiger charge is 2.31. The molecule has 0 radical (unpaired) electrons. The van der Waals surface area contributed by atoms with Gasteiger partial charge in [-0.05, 0) is 67.8 Å². The molecule has 2 unspecified atom stereocenters. The van der Waals surface area contributed by atoms with Crippen LogP contribution in [0.1, 0.15) is 31.1 Å². The largest absolute Gasteiger partial charge is 0.481 e. The first-order chi connectivity index (χ1) is 12.3. The number of carbonyl (C=O) groups is 4. The Morgan fingerprint density at radius 2 is 1.48 bits per heavy atom. The van der Waals surface area contributed by atoms with Crippen LogP contribution in [0.15, 0.2) is 0 Å². The van der Waals surface area contributed by atoms with Gasteiger partial charge in [-0.1, -0.05) is 13.8 Å². The minimum Gasteiger partial charge on any atom is -0.481 e. The van der Waals surface area contributed by atoms with Crippen LogP contribution in [0.2, 0.25) is 0 Å². The minimum atomic E-state index is -1.19. The molecule has 0 saturated heterocycles. The van der Waals surface area contributed by atoms with E-state index in [1.807, 2.05) is 67.8 Å². The van der Waals surface area contributed by atoms with Crippen molar-refractivity contribution in [2.24, 2.45) is 11.8 Å². The van der Waals surface area contributed by atoms with E-state index >= 15 is 0 Å². The summed E-state index contributed by atoms with van der Waals surface area (Å²) >= 11 is 5.63. The van der Waals surface area contributed by atoms with Gasteiger partial charge in [0.15, 0.2) is 0 Å². The quantitative estimate of drug-likeness (QED) is 0.388. The van der Waals surface area contributed by atoms with E-state index in [0.29, 0.717) is 16.4 Å². The Kier molecular flexibility index (Phi) is 8.71. The molecular formula is C16H17I3N2O6. The Morgan fingerprint density at radius 1 is 0.963 bits per heavy atom. The lowest BCUT2D eigenvalue weighted by Crippen LogP contribution is -2.31. The highest BCUT2D eigenvalue weighted by molar-refractivity contribution is 14.1. The molecule has 0 aliphatic heterocycles. The molecule has 0 fully saturated rings. The standard InChI is InChI=1S/C16H17I3N2O6/c1-5(6(2)15(24)25)14(23)20-12-9(17)8(16(26)27)10(18)13(11(12)19)21(4)7(3)22/h5-6H,1-4H3,(H,20,23)(H,24,25)(H,26,27). The van der Waals surface area contributed by atoms with Crippen molar-refractivity contribution >= 4 is 103 Å². The number of carboxylic acid groups (broad SMARTS) is 2. The van der Waals surface area contributed by atoms with Gasteiger partial charge in [0.1, 0.15) is 0 Å². The number of rotatable bonds is 6. The molecule has 1 rings (SSSR count). The first kappa shape index (κ1) is 24.3. The van der Waals surface area contributed by atoms with Crippen molar-refractivity contribution in [1.29, 1.82) is 0 Å². The normalized spacial score (nSPS) is 12.9. The van der Waals surface area contributed by atoms with Crippen molar-refractivity contribution in [3.63, 3.8) is 0 Å². The summed E-state index contributed by atoms with van der Waals surface area (Å²) in [5.41, 5.74) is 0.580. The Morgan fingerprint density at radius 3 is 1.89 bits per heavy atom. The molecule has 148 valence electrons. The third-order valence-corrected chi connectivity index (χ3v) is 7.30. The summed E-state index contributed by atoms with van der Waals surface area (Å²) in [5, 5.41) is 21.4. The van der Waals surface area contributed by atoms with Crippen LogP contribution in [0.5, 0.6) is 0 Å². The fourth-order valence-corrected chi connectivity index (χ4v) is 6.70. The van der Waals surface area contributed by atoms with Crippen molar-refractivity contribution in [2.45, 2.75) is 20.8 Å². The molecule has 11 heteroatoms. The lowest BCUT2D eigenvalue weighted by molar-refractivity contribution is -0.145. The summed E-state index contributed by atoms with van der Waals surface area (Å²) in [4.78, 5) is 48.6. The first-order valence-corrected chi connectivity index (χ1v) is 10.8. The molecule has 0 aromatic heterocycles. The Labute approximate surface area is 196 Å². The van der Waals surface area contributed by atoms with Gasteiger partial charge in [0.25, 0.3) is 0 Å². The molecule has 0 heterocycles. The van der Waals surface area contributed by atoms with Gasteiger partial charge >= 0.3 is 11.9 Å². The van der Waals surface area contributed by atoms with Gasteiger partial charge in [-0.15, -0.1) is 0 Å². The highest BCUT2D eigenvalue weighted by atomic mass is 127. The first-order valence-electron chi connectivity index (χ1n) is 7.54. The van der Waals surface area contributed by atoms with Crippen LogP contribution in [0, 0.1) is 22.5 Å². The van der Waals surface area contributed by atoms with Gasteiger partial charge in [-0.3, -0.25) is 14.4 Å². The predicted molar refractivity (Wildman–Crippen MR) is 125 cm³/mol. The fraction of sp³-hybridized carbons (Fsp3) is 0.375. The molecular weight excluding hydrogens is 697 g/mol. The summed E-state index contributed by atoms with van der Waals surface area (Å²) in [6.07, 6.45) is 0. The summed E-state index contributed by atoms with van der Waals surface area (Å²) < 4.78 is 1.17. The molecule has 1 aromatic carbocycles. The molecule has 2 atom stereocenters. The topological polar surface area (TPSA) is 124 Å². The third kappa shape index (κ3) is 5.21. The molecule has 0 saturated carbocycles. The second-order valence-electron chi connectivity index (χ2n) is 5.83. The van der Waals surface area contributed by atoms with E-state index in [4.69, 9.17) is 5.11 Å². The minimum absolute atomic E-state index is 0.0334. The highest BCUT2D eigenvalue weighted by Crippen LogP contribution is 2.40. The van der Waals surface area contributed by atoms with E-state index in [1.54, 1.807) is 0 Å². The van der Waals surface area contributed by atoms with Crippen LogP contribution in [0.4, 0.5) is 11.4 Å². The second-order valence-corrected chi connectivity index (χ2v) is 9.06. The predicted octanol–water partition coefficient (Wildman–Crippen LogP) is 3.48. The van der Waals surface area contributed by atoms with Gasteiger partial charge in [0.2, 0.25) is 11.8 Å². The number of anilines is 2. The molecule has 8 nitrogen and oxygen atoms in total. The maximum absolute atomic E-state index is 12.5. The Balaban J connectivity index is 3.59. The van der Waals surface area contributed by atoms with Crippen molar-refractivity contribution in [3.05, 3.63) is 16.3 Å². The number of benzene rings is 1. The van der Waals surface area contributed by atoms with Crippen LogP contribution in [-0.4, -0.2) is 41.0 Å². The van der Waals surface area contributed by atoms with Crippen LogP contribution < -0.4 is 10.2 Å². The molecule has 0 aliphatic rings. The molecule has 27 heavy (non-hydrogen) atoms. The molecule has 0 spiro atoms. The van der Waals surface area contributed by atoms with Crippen molar-refractivity contribution < 1.29 is 29.4 Å². The number of hydrogen-bond acceptors (Lipinski definition) is 4. The Bertz CT molecular complexity index is 827. The third-order valence-electron chi connectivity index (χ3n) is 4.12. The zero-order valence-corrected chi connectivity index (χ0v) is 21.2. The summed E-state index contributed by atoms with van der Waals surface area (Å²) in [6, 6.07) is 0. The van der Waals surface area contributed by atoms with Crippen molar-refractivity contribution in [2.75, 3.05) is 17.3 Å². The van der Waals surface area contributed by atoms with E-state index in [2.05, 4.69) is 5.32 Å². The van der Waals surface area contributed by atoms with Gasteiger partial charge in [0, 0.05) is 19.9 Å². The number of carbonyl (C=O) groups excluding carboxylic acids is 2. The molecule has 3 N–H and O–H groups in total. The average molecular weight is 714 g/mol. The number of halogens is 3. The van der Waals surface area contributed by atoms with E-state index in [-0.39, 0.29) is 17.2 Å². The van der Waals surface area contributed by atoms with Crippen LogP contribution in [-0.2, 0) is 14.4 Å². The SMILES string of the molecule is CC(=O)N(C)c1c(I)c(NC(=O)C(C)C(C)C(=O)O)c(I)c(C(=O)O)c1I. The van der Waals surface area contributed by atoms with Gasteiger partial charge in [0.05, 0.1) is 33.6 Å². The van der Waals surface area contributed by atoms with Gasteiger partial charge in [-0.2, -0.15) is 0 Å². The number of hydrogen-bond donors (Lipinski definition) is 3.